The highest BCUT2D eigenvalue weighted by Crippen LogP contribution is 2.24. The van der Waals surface area contributed by atoms with Crippen LogP contribution in [0.5, 0.6) is 0 Å². The highest BCUT2D eigenvalue weighted by atomic mass is 16.4. The predicted octanol–water partition coefficient (Wildman–Crippen LogP) is 1.28. The lowest BCUT2D eigenvalue weighted by Crippen LogP contribution is -2.55. The van der Waals surface area contributed by atoms with Gasteiger partial charge in [-0.25, -0.2) is 0 Å². The highest BCUT2D eigenvalue weighted by molar-refractivity contribution is 5.79. The molecule has 1 unspecified atom stereocenters. The quantitative estimate of drug-likeness (QED) is 0.790. The van der Waals surface area contributed by atoms with Crippen LogP contribution in [0.2, 0.25) is 0 Å². The molecule has 5 heteroatoms. The Morgan fingerprint density at radius 3 is 2.00 bits per heavy atom. The van der Waals surface area contributed by atoms with E-state index in [1.165, 1.54) is 0 Å². The third-order valence-corrected chi connectivity index (χ3v) is 3.84. The fraction of sp³-hybridized carbons (Fsp3) is 0.857. The molecule has 0 radical (unpaired) electrons. The maximum Gasteiger partial charge on any atom is 0.306 e. The van der Waals surface area contributed by atoms with Gasteiger partial charge in [-0.1, -0.05) is 6.92 Å². The molecule has 1 atom stereocenters. The van der Waals surface area contributed by atoms with E-state index >= 15 is 0 Å². The number of nitrogens with zero attached hydrogens (tertiary/aromatic N) is 2. The second kappa shape index (κ2) is 6.37. The molecule has 0 saturated carbocycles. The lowest BCUT2D eigenvalue weighted by atomic mass is 9.87. The molecular formula is C14H26N2O3. The smallest absolute Gasteiger partial charge is 0.306 e. The number of carboxylic acids is 1. The van der Waals surface area contributed by atoms with Crippen molar-refractivity contribution >= 4 is 11.9 Å². The van der Waals surface area contributed by atoms with Crippen LogP contribution in [0, 0.1) is 11.8 Å². The van der Waals surface area contributed by atoms with Crippen molar-refractivity contribution < 1.29 is 14.7 Å². The number of amides is 1. The maximum absolute atomic E-state index is 12.2. The largest absolute Gasteiger partial charge is 0.481 e. The van der Waals surface area contributed by atoms with E-state index < -0.39 is 5.97 Å². The Balaban J connectivity index is 2.42. The Kier molecular flexibility index (Phi) is 5.35. The summed E-state index contributed by atoms with van der Waals surface area (Å²) < 4.78 is 0. The van der Waals surface area contributed by atoms with E-state index in [9.17, 15) is 9.59 Å². The van der Waals surface area contributed by atoms with Gasteiger partial charge in [-0.05, 0) is 33.6 Å². The molecule has 1 rings (SSSR count). The number of carbonyl (C=O) groups excluding carboxylic acids is 1. The third-order valence-electron chi connectivity index (χ3n) is 3.84. The summed E-state index contributed by atoms with van der Waals surface area (Å²) in [6.45, 7) is 11.6. The molecule has 1 aliphatic heterocycles. The van der Waals surface area contributed by atoms with Crippen LogP contribution in [0.4, 0.5) is 0 Å². The molecule has 110 valence electrons. The Bertz CT molecular complexity index is 328. The summed E-state index contributed by atoms with van der Waals surface area (Å²) in [5.74, 6) is -0.761. The molecule has 0 aromatic carbocycles. The highest BCUT2D eigenvalue weighted by Gasteiger charge is 2.36. The van der Waals surface area contributed by atoms with Gasteiger partial charge in [-0.2, -0.15) is 0 Å². The van der Waals surface area contributed by atoms with Gasteiger partial charge in [0.05, 0.1) is 12.5 Å². The molecule has 1 N–H and O–H groups in total. The summed E-state index contributed by atoms with van der Waals surface area (Å²) in [6.07, 6.45) is 0. The van der Waals surface area contributed by atoms with Gasteiger partial charge in [0.1, 0.15) is 0 Å². The molecule has 1 saturated heterocycles. The van der Waals surface area contributed by atoms with Crippen molar-refractivity contribution in [3.8, 4) is 0 Å². The average Bonchev–Trinajstić information content (AvgIpc) is 2.20. The maximum atomic E-state index is 12.2. The number of aliphatic carboxylic acids is 1. The van der Waals surface area contributed by atoms with Gasteiger partial charge < -0.3 is 10.0 Å². The molecule has 5 nitrogen and oxygen atoms in total. The second-order valence-electron chi connectivity index (χ2n) is 6.07. The molecule has 0 aromatic heterocycles. The Morgan fingerprint density at radius 2 is 1.63 bits per heavy atom. The minimum absolute atomic E-state index is 0.131. The lowest BCUT2D eigenvalue weighted by Gasteiger charge is -2.42. The summed E-state index contributed by atoms with van der Waals surface area (Å²) in [4.78, 5) is 27.0. The topological polar surface area (TPSA) is 60.9 Å². The first kappa shape index (κ1) is 16.0. The standard InChI is InChI=1S/C14H26N2O3/c1-9(2)16(10(3)4)13(17)8-15-6-12(7-15)11(5)14(18)19/h9-12H,6-8H2,1-5H3,(H,18,19). The van der Waals surface area contributed by atoms with Crippen molar-refractivity contribution in [3.05, 3.63) is 0 Å². The van der Waals surface area contributed by atoms with Crippen molar-refractivity contribution in [2.24, 2.45) is 11.8 Å². The second-order valence-corrected chi connectivity index (χ2v) is 6.07. The number of likely N-dealkylation sites (tertiary alicyclic amines) is 1. The molecule has 0 spiro atoms. The zero-order valence-corrected chi connectivity index (χ0v) is 12.6. The Labute approximate surface area is 115 Å². The number of hydrogen-bond donors (Lipinski definition) is 1. The van der Waals surface area contributed by atoms with E-state index in [1.807, 2.05) is 37.5 Å². The Hall–Kier alpha value is -1.10. The van der Waals surface area contributed by atoms with Crippen LogP contribution >= 0.6 is 0 Å². The number of rotatable bonds is 6. The molecule has 0 bridgehead atoms. The molecule has 0 aliphatic carbocycles. The van der Waals surface area contributed by atoms with Gasteiger partial charge in [-0.3, -0.25) is 14.5 Å². The number of carbonyl (C=O) groups is 2. The predicted molar refractivity (Wildman–Crippen MR) is 73.8 cm³/mol. The van der Waals surface area contributed by atoms with Gasteiger partial charge in [0.2, 0.25) is 5.91 Å². The van der Waals surface area contributed by atoms with Crippen molar-refractivity contribution in [1.29, 1.82) is 0 Å². The van der Waals surface area contributed by atoms with Crippen LogP contribution in [-0.4, -0.2) is 58.5 Å². The fourth-order valence-electron chi connectivity index (χ4n) is 2.70. The molecule has 0 aromatic rings. The monoisotopic (exact) mass is 270 g/mol. The minimum Gasteiger partial charge on any atom is -0.481 e. The molecule has 1 heterocycles. The summed E-state index contributed by atoms with van der Waals surface area (Å²) in [5.41, 5.74) is 0. The summed E-state index contributed by atoms with van der Waals surface area (Å²) >= 11 is 0. The summed E-state index contributed by atoms with van der Waals surface area (Å²) in [7, 11) is 0. The van der Waals surface area contributed by atoms with Crippen LogP contribution in [0.15, 0.2) is 0 Å². The normalized spacial score (nSPS) is 18.5. The SMILES string of the molecule is CC(C(=O)O)C1CN(CC(=O)N(C(C)C)C(C)C)C1. The first-order chi connectivity index (χ1) is 8.73. The van der Waals surface area contributed by atoms with Gasteiger partial charge >= 0.3 is 5.97 Å². The van der Waals surface area contributed by atoms with Crippen molar-refractivity contribution in [3.63, 3.8) is 0 Å². The molecule has 1 amide bonds. The van der Waals surface area contributed by atoms with Crippen LogP contribution in [-0.2, 0) is 9.59 Å². The van der Waals surface area contributed by atoms with Gasteiger partial charge in [-0.15, -0.1) is 0 Å². The van der Waals surface area contributed by atoms with Gasteiger partial charge in [0, 0.05) is 25.2 Å². The number of carboxylic acid groups (broad SMARTS) is 1. The first-order valence-electron chi connectivity index (χ1n) is 7.00. The van der Waals surface area contributed by atoms with Crippen LogP contribution in [0.25, 0.3) is 0 Å². The Morgan fingerprint density at radius 1 is 1.16 bits per heavy atom. The van der Waals surface area contributed by atoms with Crippen LogP contribution < -0.4 is 0 Å². The third kappa shape index (κ3) is 3.93. The van der Waals surface area contributed by atoms with E-state index in [0.717, 1.165) is 0 Å². The van der Waals surface area contributed by atoms with E-state index in [2.05, 4.69) is 0 Å². The van der Waals surface area contributed by atoms with Crippen molar-refractivity contribution in [2.45, 2.75) is 46.7 Å². The van der Waals surface area contributed by atoms with E-state index in [-0.39, 0.29) is 29.8 Å². The van der Waals surface area contributed by atoms with E-state index in [0.29, 0.717) is 19.6 Å². The van der Waals surface area contributed by atoms with Crippen molar-refractivity contribution in [1.82, 2.24) is 9.80 Å². The fourth-order valence-corrected chi connectivity index (χ4v) is 2.70. The zero-order chi connectivity index (χ0) is 14.7. The van der Waals surface area contributed by atoms with Crippen LogP contribution in [0.1, 0.15) is 34.6 Å². The molecule has 1 aliphatic rings. The van der Waals surface area contributed by atoms with Crippen molar-refractivity contribution in [2.75, 3.05) is 19.6 Å². The molecule has 1 fully saturated rings. The minimum atomic E-state index is -0.748. The molecule has 19 heavy (non-hydrogen) atoms. The summed E-state index contributed by atoms with van der Waals surface area (Å²) in [6, 6.07) is 0.394. The first-order valence-corrected chi connectivity index (χ1v) is 7.00. The van der Waals surface area contributed by atoms with E-state index in [4.69, 9.17) is 5.11 Å². The van der Waals surface area contributed by atoms with E-state index in [1.54, 1.807) is 6.92 Å². The number of hydrogen-bond acceptors (Lipinski definition) is 3. The summed E-state index contributed by atoms with van der Waals surface area (Å²) in [5, 5.41) is 8.93. The lowest BCUT2D eigenvalue weighted by molar-refractivity contribution is -0.146. The zero-order valence-electron chi connectivity index (χ0n) is 12.6. The average molecular weight is 270 g/mol. The van der Waals surface area contributed by atoms with Gasteiger partial charge in [0.15, 0.2) is 0 Å². The van der Waals surface area contributed by atoms with Crippen LogP contribution in [0.3, 0.4) is 0 Å². The van der Waals surface area contributed by atoms with Gasteiger partial charge in [0.25, 0.3) is 0 Å². The molecular weight excluding hydrogens is 244 g/mol.